The third kappa shape index (κ3) is 1.74. The summed E-state index contributed by atoms with van der Waals surface area (Å²) >= 11 is 0. The number of anilines is 1. The molecule has 1 aliphatic rings. The van der Waals surface area contributed by atoms with Crippen molar-refractivity contribution in [1.82, 2.24) is 9.78 Å². The Hall–Kier alpha value is -1.97. The first-order chi connectivity index (χ1) is 8.79. The molecule has 0 fully saturated rings. The molecule has 3 rings (SSSR count). The number of hydrogen-bond acceptors (Lipinski definition) is 3. The summed E-state index contributed by atoms with van der Waals surface area (Å²) in [5.41, 5.74) is 9.46. The minimum atomic E-state index is 0.669. The van der Waals surface area contributed by atoms with Crippen molar-refractivity contribution in [2.24, 2.45) is 0 Å². The maximum atomic E-state index is 5.96. The van der Waals surface area contributed by atoms with Gasteiger partial charge in [0.25, 0.3) is 0 Å². The zero-order valence-electron chi connectivity index (χ0n) is 10.5. The molecule has 1 aromatic carbocycles. The Kier molecular flexibility index (Phi) is 2.70. The minimum absolute atomic E-state index is 0.669. The van der Waals surface area contributed by atoms with Gasteiger partial charge in [0.05, 0.1) is 12.3 Å². The SMILES string of the molecule is CCOc1cccc(-n2nc(N)c3c2CCC3)c1. The number of fused-ring (bicyclic) bond motifs is 1. The second-order valence-corrected chi connectivity index (χ2v) is 4.51. The van der Waals surface area contributed by atoms with Crippen LogP contribution in [0.15, 0.2) is 24.3 Å². The van der Waals surface area contributed by atoms with E-state index in [0.717, 1.165) is 24.3 Å². The molecule has 0 atom stereocenters. The fourth-order valence-corrected chi connectivity index (χ4v) is 2.55. The van der Waals surface area contributed by atoms with Crippen LogP contribution in [0.5, 0.6) is 5.75 Å². The lowest BCUT2D eigenvalue weighted by atomic mass is 10.2. The van der Waals surface area contributed by atoms with Gasteiger partial charge in [0, 0.05) is 17.3 Å². The van der Waals surface area contributed by atoms with Crippen molar-refractivity contribution < 1.29 is 4.74 Å². The summed E-state index contributed by atoms with van der Waals surface area (Å²) in [7, 11) is 0. The topological polar surface area (TPSA) is 53.1 Å². The smallest absolute Gasteiger partial charge is 0.149 e. The number of ether oxygens (including phenoxy) is 1. The molecule has 1 heterocycles. The number of nitrogens with two attached hydrogens (primary N) is 1. The molecule has 0 saturated carbocycles. The number of hydrogen-bond donors (Lipinski definition) is 1. The number of nitrogens with zero attached hydrogens (tertiary/aromatic N) is 2. The number of rotatable bonds is 3. The average Bonchev–Trinajstić information content (AvgIpc) is 2.95. The lowest BCUT2D eigenvalue weighted by molar-refractivity contribution is 0.340. The van der Waals surface area contributed by atoms with E-state index in [2.05, 4.69) is 5.10 Å². The Morgan fingerprint density at radius 2 is 2.28 bits per heavy atom. The standard InChI is InChI=1S/C14H17N3O/c1-2-18-11-6-3-5-10(9-11)17-13-8-4-7-12(13)14(15)16-17/h3,5-6,9H,2,4,7-8H2,1H3,(H2,15,16). The maximum absolute atomic E-state index is 5.96. The van der Waals surface area contributed by atoms with E-state index in [9.17, 15) is 0 Å². The van der Waals surface area contributed by atoms with Gasteiger partial charge in [-0.05, 0) is 38.3 Å². The predicted molar refractivity (Wildman–Crippen MR) is 71.2 cm³/mol. The van der Waals surface area contributed by atoms with E-state index in [1.807, 2.05) is 35.9 Å². The molecule has 0 unspecified atom stereocenters. The van der Waals surface area contributed by atoms with E-state index in [1.54, 1.807) is 0 Å². The molecule has 4 heteroatoms. The van der Waals surface area contributed by atoms with E-state index in [4.69, 9.17) is 10.5 Å². The third-order valence-corrected chi connectivity index (χ3v) is 3.33. The summed E-state index contributed by atoms with van der Waals surface area (Å²) in [6.07, 6.45) is 3.27. The van der Waals surface area contributed by atoms with Gasteiger partial charge in [-0.3, -0.25) is 0 Å². The second-order valence-electron chi connectivity index (χ2n) is 4.51. The van der Waals surface area contributed by atoms with Gasteiger partial charge in [-0.25, -0.2) is 4.68 Å². The van der Waals surface area contributed by atoms with Crippen molar-refractivity contribution in [1.29, 1.82) is 0 Å². The van der Waals surface area contributed by atoms with Gasteiger partial charge in [0.15, 0.2) is 0 Å². The fraction of sp³-hybridized carbons (Fsp3) is 0.357. The highest BCUT2D eigenvalue weighted by Gasteiger charge is 2.21. The zero-order valence-corrected chi connectivity index (χ0v) is 10.5. The summed E-state index contributed by atoms with van der Waals surface area (Å²) in [5, 5.41) is 4.44. The molecule has 94 valence electrons. The van der Waals surface area contributed by atoms with E-state index in [1.165, 1.54) is 17.7 Å². The first kappa shape index (κ1) is 11.1. The van der Waals surface area contributed by atoms with Gasteiger partial charge >= 0.3 is 0 Å². The predicted octanol–water partition coefficient (Wildman–Crippen LogP) is 2.34. The summed E-state index contributed by atoms with van der Waals surface area (Å²) < 4.78 is 7.48. The first-order valence-electron chi connectivity index (χ1n) is 6.39. The minimum Gasteiger partial charge on any atom is -0.494 e. The molecule has 4 nitrogen and oxygen atoms in total. The molecule has 1 aliphatic carbocycles. The second kappa shape index (κ2) is 4.37. The van der Waals surface area contributed by atoms with Gasteiger partial charge < -0.3 is 10.5 Å². The fourth-order valence-electron chi connectivity index (χ4n) is 2.55. The van der Waals surface area contributed by atoms with Crippen LogP contribution < -0.4 is 10.5 Å². The number of aromatic nitrogens is 2. The van der Waals surface area contributed by atoms with Crippen LogP contribution in [0.4, 0.5) is 5.82 Å². The van der Waals surface area contributed by atoms with Crippen molar-refractivity contribution in [2.45, 2.75) is 26.2 Å². The normalized spacial score (nSPS) is 13.6. The quantitative estimate of drug-likeness (QED) is 0.900. The summed E-state index contributed by atoms with van der Waals surface area (Å²) in [6.45, 7) is 2.65. The van der Waals surface area contributed by atoms with E-state index < -0.39 is 0 Å². The van der Waals surface area contributed by atoms with Gasteiger partial charge in [-0.2, -0.15) is 5.10 Å². The Morgan fingerprint density at radius 1 is 1.39 bits per heavy atom. The molecule has 0 saturated heterocycles. The first-order valence-corrected chi connectivity index (χ1v) is 6.39. The molecule has 0 aliphatic heterocycles. The highest BCUT2D eigenvalue weighted by atomic mass is 16.5. The third-order valence-electron chi connectivity index (χ3n) is 3.33. The van der Waals surface area contributed by atoms with Gasteiger partial charge in [-0.15, -0.1) is 0 Å². The van der Waals surface area contributed by atoms with Gasteiger partial charge in [0.1, 0.15) is 11.6 Å². The highest BCUT2D eigenvalue weighted by molar-refractivity contribution is 5.50. The molecule has 1 aromatic heterocycles. The maximum Gasteiger partial charge on any atom is 0.149 e. The summed E-state index contributed by atoms with van der Waals surface area (Å²) in [6, 6.07) is 7.99. The Balaban J connectivity index is 2.04. The largest absolute Gasteiger partial charge is 0.494 e. The molecular weight excluding hydrogens is 226 g/mol. The molecule has 0 amide bonds. The molecule has 2 N–H and O–H groups in total. The molecule has 2 aromatic rings. The molecule has 18 heavy (non-hydrogen) atoms. The van der Waals surface area contributed by atoms with Crippen LogP contribution in [0, 0.1) is 0 Å². The number of nitrogen functional groups attached to an aromatic ring is 1. The molecule has 0 radical (unpaired) electrons. The summed E-state index contributed by atoms with van der Waals surface area (Å²) in [5.74, 6) is 1.54. The van der Waals surface area contributed by atoms with Crippen LogP contribution in [0.1, 0.15) is 24.6 Å². The van der Waals surface area contributed by atoms with Crippen LogP contribution in [0.3, 0.4) is 0 Å². The lowest BCUT2D eigenvalue weighted by Crippen LogP contribution is -2.02. The van der Waals surface area contributed by atoms with Crippen molar-refractivity contribution in [2.75, 3.05) is 12.3 Å². The van der Waals surface area contributed by atoms with Crippen LogP contribution in [0.25, 0.3) is 5.69 Å². The van der Waals surface area contributed by atoms with Crippen molar-refractivity contribution >= 4 is 5.82 Å². The van der Waals surface area contributed by atoms with Crippen LogP contribution in [-0.4, -0.2) is 16.4 Å². The van der Waals surface area contributed by atoms with Crippen molar-refractivity contribution in [3.63, 3.8) is 0 Å². The molecule has 0 bridgehead atoms. The Bertz CT molecular complexity index is 574. The van der Waals surface area contributed by atoms with E-state index in [-0.39, 0.29) is 0 Å². The van der Waals surface area contributed by atoms with Crippen molar-refractivity contribution in [3.05, 3.63) is 35.5 Å². The Morgan fingerprint density at radius 3 is 3.11 bits per heavy atom. The molecular formula is C14H17N3O. The van der Waals surface area contributed by atoms with Crippen LogP contribution in [-0.2, 0) is 12.8 Å². The van der Waals surface area contributed by atoms with E-state index in [0.29, 0.717) is 12.4 Å². The summed E-state index contributed by atoms with van der Waals surface area (Å²) in [4.78, 5) is 0. The highest BCUT2D eigenvalue weighted by Crippen LogP contribution is 2.29. The zero-order chi connectivity index (χ0) is 12.5. The number of benzene rings is 1. The average molecular weight is 243 g/mol. The van der Waals surface area contributed by atoms with Crippen molar-refractivity contribution in [3.8, 4) is 11.4 Å². The lowest BCUT2D eigenvalue weighted by Gasteiger charge is -2.08. The van der Waals surface area contributed by atoms with Gasteiger partial charge in [0.2, 0.25) is 0 Å². The molecule has 0 spiro atoms. The Labute approximate surface area is 106 Å². The van der Waals surface area contributed by atoms with Crippen LogP contribution in [0.2, 0.25) is 0 Å². The monoisotopic (exact) mass is 243 g/mol. The van der Waals surface area contributed by atoms with E-state index >= 15 is 0 Å². The van der Waals surface area contributed by atoms with Crippen LogP contribution >= 0.6 is 0 Å². The van der Waals surface area contributed by atoms with Gasteiger partial charge in [-0.1, -0.05) is 6.07 Å².